The molecule has 0 saturated heterocycles. The zero-order chi connectivity index (χ0) is 12.7. The van der Waals surface area contributed by atoms with Gasteiger partial charge in [-0.25, -0.2) is 0 Å². The number of furan rings is 1. The number of hydrogen-bond acceptors (Lipinski definition) is 4. The second-order valence-corrected chi connectivity index (χ2v) is 4.68. The van der Waals surface area contributed by atoms with Crippen molar-refractivity contribution < 1.29 is 8.94 Å². The molecule has 0 atom stereocenters. The Hall–Kier alpha value is -1.71. The summed E-state index contributed by atoms with van der Waals surface area (Å²) in [6, 6.07) is 0. The Morgan fingerprint density at radius 3 is 2.24 bits per heavy atom. The Morgan fingerprint density at radius 2 is 1.76 bits per heavy atom. The maximum atomic E-state index is 5.83. The van der Waals surface area contributed by atoms with Gasteiger partial charge >= 0.3 is 0 Å². The van der Waals surface area contributed by atoms with Crippen molar-refractivity contribution in [1.82, 2.24) is 5.16 Å². The maximum Gasteiger partial charge on any atom is 0.226 e. The van der Waals surface area contributed by atoms with Crippen molar-refractivity contribution >= 4 is 5.88 Å². The van der Waals surface area contributed by atoms with E-state index in [4.69, 9.17) is 14.7 Å². The molecule has 17 heavy (non-hydrogen) atoms. The molecule has 4 heteroatoms. The molecule has 92 valence electrons. The Bertz CT molecular complexity index is 550. The van der Waals surface area contributed by atoms with E-state index in [1.165, 1.54) is 0 Å². The van der Waals surface area contributed by atoms with E-state index in [2.05, 4.69) is 19.0 Å². The number of aryl methyl sites for hydroxylation is 2. The quantitative estimate of drug-likeness (QED) is 0.862. The predicted octanol–water partition coefficient (Wildman–Crippen LogP) is 3.57. The van der Waals surface area contributed by atoms with E-state index >= 15 is 0 Å². The smallest absolute Gasteiger partial charge is 0.226 e. The molecular formula is C13H18N2O2. The third-order valence-electron chi connectivity index (χ3n) is 3.13. The summed E-state index contributed by atoms with van der Waals surface area (Å²) >= 11 is 0. The molecule has 0 aromatic carbocycles. The van der Waals surface area contributed by atoms with Crippen molar-refractivity contribution in [3.05, 3.63) is 22.6 Å². The Kier molecular flexibility index (Phi) is 2.73. The van der Waals surface area contributed by atoms with Gasteiger partial charge in [0, 0.05) is 11.1 Å². The predicted molar refractivity (Wildman–Crippen MR) is 66.9 cm³/mol. The number of nitrogens with two attached hydrogens (primary N) is 1. The first-order valence-corrected chi connectivity index (χ1v) is 5.75. The topological polar surface area (TPSA) is 65.2 Å². The van der Waals surface area contributed by atoms with Crippen LogP contribution in [0.1, 0.15) is 42.4 Å². The van der Waals surface area contributed by atoms with Gasteiger partial charge in [0.25, 0.3) is 0 Å². The lowest BCUT2D eigenvalue weighted by atomic mass is 9.97. The van der Waals surface area contributed by atoms with E-state index in [0.717, 1.165) is 33.9 Å². The second kappa shape index (κ2) is 3.95. The van der Waals surface area contributed by atoms with Crippen LogP contribution in [0.2, 0.25) is 0 Å². The van der Waals surface area contributed by atoms with Crippen molar-refractivity contribution in [2.24, 2.45) is 0 Å². The van der Waals surface area contributed by atoms with Gasteiger partial charge in [-0.15, -0.1) is 0 Å². The van der Waals surface area contributed by atoms with Gasteiger partial charge < -0.3 is 14.7 Å². The normalized spacial score (nSPS) is 11.4. The van der Waals surface area contributed by atoms with Crippen LogP contribution < -0.4 is 5.73 Å². The molecule has 0 radical (unpaired) electrons. The third kappa shape index (κ3) is 1.73. The van der Waals surface area contributed by atoms with E-state index in [1.54, 1.807) is 0 Å². The lowest BCUT2D eigenvalue weighted by molar-refractivity contribution is 0.437. The summed E-state index contributed by atoms with van der Waals surface area (Å²) in [5.41, 5.74) is 9.69. The van der Waals surface area contributed by atoms with E-state index in [9.17, 15) is 0 Å². The summed E-state index contributed by atoms with van der Waals surface area (Å²) in [6.07, 6.45) is 0. The van der Waals surface area contributed by atoms with Crippen molar-refractivity contribution in [3.8, 4) is 11.3 Å². The lowest BCUT2D eigenvalue weighted by Crippen LogP contribution is -1.95. The summed E-state index contributed by atoms with van der Waals surface area (Å²) in [6.45, 7) is 10.1. The highest BCUT2D eigenvalue weighted by Crippen LogP contribution is 2.38. The van der Waals surface area contributed by atoms with E-state index in [1.807, 2.05) is 20.8 Å². The Morgan fingerprint density at radius 1 is 1.12 bits per heavy atom. The molecule has 2 heterocycles. The molecule has 0 fully saturated rings. The molecule has 0 saturated carbocycles. The van der Waals surface area contributed by atoms with Crippen LogP contribution in [0.5, 0.6) is 0 Å². The number of nitrogen functional groups attached to an aromatic ring is 1. The summed E-state index contributed by atoms with van der Waals surface area (Å²) in [5, 5.41) is 4.08. The number of aromatic nitrogens is 1. The number of anilines is 1. The maximum absolute atomic E-state index is 5.83. The molecule has 0 unspecified atom stereocenters. The summed E-state index contributed by atoms with van der Waals surface area (Å²) in [5.74, 6) is 2.43. The third-order valence-corrected chi connectivity index (χ3v) is 3.13. The summed E-state index contributed by atoms with van der Waals surface area (Å²) in [4.78, 5) is 0. The fourth-order valence-electron chi connectivity index (χ4n) is 2.19. The van der Waals surface area contributed by atoms with Crippen molar-refractivity contribution in [2.75, 3.05) is 5.73 Å². The molecule has 0 aliphatic heterocycles. The highest BCUT2D eigenvalue weighted by Gasteiger charge is 2.23. The van der Waals surface area contributed by atoms with Crippen LogP contribution in [-0.2, 0) is 0 Å². The molecule has 2 N–H and O–H groups in total. The first-order valence-electron chi connectivity index (χ1n) is 5.75. The largest absolute Gasteiger partial charge is 0.466 e. The van der Waals surface area contributed by atoms with Crippen LogP contribution in [0, 0.1) is 20.8 Å². The Balaban J connectivity index is 2.69. The SMILES string of the molecule is Cc1oc(C)c(-c2noc(N)c2C(C)C)c1C. The van der Waals surface area contributed by atoms with Crippen LogP contribution in [0.3, 0.4) is 0 Å². The average molecular weight is 234 g/mol. The van der Waals surface area contributed by atoms with Gasteiger partial charge in [0.1, 0.15) is 17.2 Å². The van der Waals surface area contributed by atoms with Gasteiger partial charge in [-0.2, -0.15) is 0 Å². The zero-order valence-electron chi connectivity index (χ0n) is 10.9. The molecule has 0 aliphatic rings. The molecular weight excluding hydrogens is 216 g/mol. The average Bonchev–Trinajstić information content (AvgIpc) is 2.70. The molecule has 2 aromatic rings. The monoisotopic (exact) mass is 234 g/mol. The summed E-state index contributed by atoms with van der Waals surface area (Å²) in [7, 11) is 0. The fourth-order valence-corrected chi connectivity index (χ4v) is 2.19. The summed E-state index contributed by atoms with van der Waals surface area (Å²) < 4.78 is 10.7. The van der Waals surface area contributed by atoms with Crippen LogP contribution in [0.4, 0.5) is 5.88 Å². The highest BCUT2D eigenvalue weighted by atomic mass is 16.5. The standard InChI is InChI=1S/C13H18N2O2/c1-6(2)10-12(15-17-13(10)14)11-7(3)8(4)16-9(11)5/h6H,14H2,1-5H3. The van der Waals surface area contributed by atoms with E-state index in [0.29, 0.717) is 5.88 Å². The molecule has 0 aliphatic carbocycles. The van der Waals surface area contributed by atoms with Crippen molar-refractivity contribution in [2.45, 2.75) is 40.5 Å². The minimum atomic E-state index is 0.269. The molecule has 0 amide bonds. The fraction of sp³-hybridized carbons (Fsp3) is 0.462. The van der Waals surface area contributed by atoms with Gasteiger partial charge in [0.15, 0.2) is 0 Å². The lowest BCUT2D eigenvalue weighted by Gasteiger charge is -2.05. The highest BCUT2D eigenvalue weighted by molar-refractivity contribution is 5.72. The van der Waals surface area contributed by atoms with Crippen molar-refractivity contribution in [1.29, 1.82) is 0 Å². The zero-order valence-corrected chi connectivity index (χ0v) is 10.9. The van der Waals surface area contributed by atoms with Crippen molar-refractivity contribution in [3.63, 3.8) is 0 Å². The minimum absolute atomic E-state index is 0.269. The van der Waals surface area contributed by atoms with E-state index in [-0.39, 0.29) is 5.92 Å². The van der Waals surface area contributed by atoms with Gasteiger partial charge in [0.2, 0.25) is 5.88 Å². The number of nitrogens with zero attached hydrogens (tertiary/aromatic N) is 1. The van der Waals surface area contributed by atoms with Gasteiger partial charge in [-0.3, -0.25) is 0 Å². The molecule has 2 rings (SSSR count). The molecule has 2 aromatic heterocycles. The minimum Gasteiger partial charge on any atom is -0.466 e. The molecule has 0 spiro atoms. The first kappa shape index (κ1) is 11.8. The first-order chi connectivity index (χ1) is 7.93. The van der Waals surface area contributed by atoms with Gasteiger partial charge in [-0.05, 0) is 32.3 Å². The van der Waals surface area contributed by atoms with Gasteiger partial charge in [-0.1, -0.05) is 19.0 Å². The number of hydrogen-bond donors (Lipinski definition) is 1. The van der Waals surface area contributed by atoms with Crippen LogP contribution in [-0.4, -0.2) is 5.16 Å². The number of rotatable bonds is 2. The van der Waals surface area contributed by atoms with E-state index < -0.39 is 0 Å². The molecule has 4 nitrogen and oxygen atoms in total. The second-order valence-electron chi connectivity index (χ2n) is 4.68. The Labute approximate surface area is 101 Å². The van der Waals surface area contributed by atoms with Gasteiger partial charge in [0.05, 0.1) is 0 Å². The van der Waals surface area contributed by atoms with Crippen LogP contribution >= 0.6 is 0 Å². The molecule has 0 bridgehead atoms. The van der Waals surface area contributed by atoms with Crippen LogP contribution in [0.25, 0.3) is 11.3 Å². The van der Waals surface area contributed by atoms with Crippen LogP contribution in [0.15, 0.2) is 8.94 Å².